The van der Waals surface area contributed by atoms with Gasteiger partial charge in [-0.1, -0.05) is 0 Å². The molecule has 0 bridgehead atoms. The fourth-order valence-corrected chi connectivity index (χ4v) is 2.73. The van der Waals surface area contributed by atoms with E-state index in [1.807, 2.05) is 39.4 Å². The van der Waals surface area contributed by atoms with Crippen molar-refractivity contribution in [3.8, 4) is 0 Å². The molecule has 3 nitrogen and oxygen atoms in total. The number of halogens is 1. The lowest BCUT2D eigenvalue weighted by molar-refractivity contribution is 0.161. The van der Waals surface area contributed by atoms with E-state index in [2.05, 4.69) is 15.9 Å². The molecular weight excluding hydrogens is 288 g/mol. The van der Waals surface area contributed by atoms with Gasteiger partial charge in [0.2, 0.25) is 0 Å². The quantitative estimate of drug-likeness (QED) is 0.839. The minimum Gasteiger partial charge on any atom is -0.325 e. The molecule has 0 N–H and O–H groups in total. The zero-order chi connectivity index (χ0) is 12.3. The summed E-state index contributed by atoms with van der Waals surface area (Å²) in [7, 11) is 3.66. The van der Waals surface area contributed by atoms with Crippen LogP contribution in [0.3, 0.4) is 0 Å². The average molecular weight is 305 g/mol. The Morgan fingerprint density at radius 2 is 2.12 bits per heavy atom. The second-order valence-corrected chi connectivity index (χ2v) is 5.99. The summed E-state index contributed by atoms with van der Waals surface area (Å²) < 4.78 is 1.07. The monoisotopic (exact) mass is 304 g/mol. The molecule has 16 heavy (non-hydrogen) atoms. The summed E-state index contributed by atoms with van der Waals surface area (Å²) in [6.07, 6.45) is 0. The molecule has 1 heterocycles. The predicted molar refractivity (Wildman–Crippen MR) is 71.8 cm³/mol. The van der Waals surface area contributed by atoms with Crippen molar-refractivity contribution in [3.05, 3.63) is 20.8 Å². The molecule has 5 heteroatoms. The Bertz CT molecular complexity index is 365. The zero-order valence-electron chi connectivity index (χ0n) is 10.0. The van der Waals surface area contributed by atoms with E-state index in [4.69, 9.17) is 0 Å². The Hall–Kier alpha value is -0.550. The molecule has 0 unspecified atom stereocenters. The van der Waals surface area contributed by atoms with E-state index in [1.54, 1.807) is 21.1 Å². The van der Waals surface area contributed by atoms with Gasteiger partial charge in [-0.15, -0.1) is 11.3 Å². The highest BCUT2D eigenvalue weighted by atomic mass is 79.9. The highest BCUT2D eigenvalue weighted by Crippen LogP contribution is 2.21. The van der Waals surface area contributed by atoms with Crippen molar-refractivity contribution in [2.45, 2.75) is 26.4 Å². The zero-order valence-corrected chi connectivity index (χ0v) is 12.4. The first kappa shape index (κ1) is 13.5. The molecule has 1 aromatic heterocycles. The number of urea groups is 1. The second-order valence-electron chi connectivity index (χ2n) is 4.07. The molecule has 0 saturated carbocycles. The standard InChI is InChI=1S/C11H17BrN2OS/c1-8(2)14(4)11(15)13(3)6-10-5-9(12)7-16-10/h5,7-8H,6H2,1-4H3. The summed E-state index contributed by atoms with van der Waals surface area (Å²) in [5.41, 5.74) is 0. The van der Waals surface area contributed by atoms with Gasteiger partial charge in [0.15, 0.2) is 0 Å². The summed E-state index contributed by atoms with van der Waals surface area (Å²) in [6, 6.07) is 2.33. The number of hydrogen-bond acceptors (Lipinski definition) is 2. The number of carbonyl (C=O) groups excluding carboxylic acids is 1. The lowest BCUT2D eigenvalue weighted by Gasteiger charge is -2.27. The fraction of sp³-hybridized carbons (Fsp3) is 0.545. The fourth-order valence-electron chi connectivity index (χ4n) is 1.23. The molecule has 1 aromatic rings. The predicted octanol–water partition coefficient (Wildman–Crippen LogP) is 3.40. The number of amides is 2. The van der Waals surface area contributed by atoms with Gasteiger partial charge in [-0.05, 0) is 35.8 Å². The Morgan fingerprint density at radius 1 is 1.50 bits per heavy atom. The summed E-state index contributed by atoms with van der Waals surface area (Å²) in [5.74, 6) is 0. The van der Waals surface area contributed by atoms with Crippen LogP contribution in [0.25, 0.3) is 0 Å². The van der Waals surface area contributed by atoms with Crippen molar-refractivity contribution < 1.29 is 4.79 Å². The highest BCUT2D eigenvalue weighted by molar-refractivity contribution is 9.10. The molecule has 0 fully saturated rings. The van der Waals surface area contributed by atoms with Crippen molar-refractivity contribution in [3.63, 3.8) is 0 Å². The van der Waals surface area contributed by atoms with Gasteiger partial charge in [-0.3, -0.25) is 0 Å². The normalized spacial score (nSPS) is 10.6. The van der Waals surface area contributed by atoms with Crippen LogP contribution in [0.5, 0.6) is 0 Å². The van der Waals surface area contributed by atoms with E-state index in [0.29, 0.717) is 6.54 Å². The molecule has 90 valence electrons. The average Bonchev–Trinajstić information content (AvgIpc) is 2.61. The molecule has 0 atom stereocenters. The Balaban J connectivity index is 2.58. The molecule has 0 radical (unpaired) electrons. The third kappa shape index (κ3) is 3.49. The molecule has 0 saturated heterocycles. The van der Waals surface area contributed by atoms with Crippen molar-refractivity contribution >= 4 is 33.3 Å². The van der Waals surface area contributed by atoms with Crippen LogP contribution < -0.4 is 0 Å². The minimum absolute atomic E-state index is 0.0551. The maximum atomic E-state index is 11.9. The van der Waals surface area contributed by atoms with Crippen LogP contribution in [-0.4, -0.2) is 36.0 Å². The number of thiophene rings is 1. The largest absolute Gasteiger partial charge is 0.325 e. The van der Waals surface area contributed by atoms with E-state index in [9.17, 15) is 4.79 Å². The lowest BCUT2D eigenvalue weighted by atomic mass is 10.3. The first-order valence-corrected chi connectivity index (χ1v) is 6.80. The smallest absolute Gasteiger partial charge is 0.320 e. The highest BCUT2D eigenvalue weighted by Gasteiger charge is 2.16. The van der Waals surface area contributed by atoms with E-state index in [0.717, 1.165) is 4.47 Å². The minimum atomic E-state index is 0.0551. The third-order valence-corrected chi connectivity index (χ3v) is 4.10. The second kappa shape index (κ2) is 5.68. The van der Waals surface area contributed by atoms with Crippen LogP contribution in [0.15, 0.2) is 15.9 Å². The first-order chi connectivity index (χ1) is 7.41. The third-order valence-electron chi connectivity index (χ3n) is 2.42. The van der Waals surface area contributed by atoms with Crippen LogP contribution >= 0.6 is 27.3 Å². The van der Waals surface area contributed by atoms with E-state index < -0.39 is 0 Å². The number of nitrogens with zero attached hydrogens (tertiary/aromatic N) is 2. The van der Waals surface area contributed by atoms with Gasteiger partial charge in [-0.2, -0.15) is 0 Å². The Labute approximate surface area is 109 Å². The van der Waals surface area contributed by atoms with Crippen molar-refractivity contribution in [2.24, 2.45) is 0 Å². The summed E-state index contributed by atoms with van der Waals surface area (Å²) in [5, 5.41) is 2.03. The maximum absolute atomic E-state index is 11.9. The van der Waals surface area contributed by atoms with Crippen LogP contribution in [0.1, 0.15) is 18.7 Å². The van der Waals surface area contributed by atoms with Crippen LogP contribution in [0, 0.1) is 0 Å². The summed E-state index contributed by atoms with van der Waals surface area (Å²) in [4.78, 5) is 16.6. The van der Waals surface area contributed by atoms with E-state index in [1.165, 1.54) is 4.88 Å². The molecule has 1 rings (SSSR count). The lowest BCUT2D eigenvalue weighted by Crippen LogP contribution is -2.41. The number of rotatable bonds is 3. The molecule has 2 amide bonds. The SMILES string of the molecule is CC(C)N(C)C(=O)N(C)Cc1cc(Br)cs1. The van der Waals surface area contributed by atoms with Crippen molar-refractivity contribution in [2.75, 3.05) is 14.1 Å². The summed E-state index contributed by atoms with van der Waals surface area (Å²) in [6.45, 7) is 4.67. The van der Waals surface area contributed by atoms with Gasteiger partial charge < -0.3 is 9.80 Å². The first-order valence-electron chi connectivity index (χ1n) is 5.12. The molecule has 0 aliphatic heterocycles. The molecule has 0 aliphatic rings. The summed E-state index contributed by atoms with van der Waals surface area (Å²) >= 11 is 5.06. The maximum Gasteiger partial charge on any atom is 0.320 e. The van der Waals surface area contributed by atoms with E-state index in [-0.39, 0.29) is 12.1 Å². The Kier molecular flexibility index (Phi) is 4.80. The van der Waals surface area contributed by atoms with Crippen LogP contribution in [0.4, 0.5) is 4.79 Å². The van der Waals surface area contributed by atoms with Crippen LogP contribution in [-0.2, 0) is 6.54 Å². The van der Waals surface area contributed by atoms with Crippen molar-refractivity contribution in [1.29, 1.82) is 0 Å². The molecular formula is C11H17BrN2OS. The van der Waals surface area contributed by atoms with Gasteiger partial charge in [-0.25, -0.2) is 4.79 Å². The van der Waals surface area contributed by atoms with Gasteiger partial charge in [0, 0.05) is 34.9 Å². The van der Waals surface area contributed by atoms with Gasteiger partial charge >= 0.3 is 6.03 Å². The van der Waals surface area contributed by atoms with Crippen LogP contribution in [0.2, 0.25) is 0 Å². The molecule has 0 aromatic carbocycles. The van der Waals surface area contributed by atoms with Crippen molar-refractivity contribution in [1.82, 2.24) is 9.80 Å². The molecule has 0 aliphatic carbocycles. The van der Waals surface area contributed by atoms with Gasteiger partial charge in [0.25, 0.3) is 0 Å². The Morgan fingerprint density at radius 3 is 2.56 bits per heavy atom. The number of hydrogen-bond donors (Lipinski definition) is 0. The van der Waals surface area contributed by atoms with Gasteiger partial charge in [0.1, 0.15) is 0 Å². The number of carbonyl (C=O) groups is 1. The van der Waals surface area contributed by atoms with Gasteiger partial charge in [0.05, 0.1) is 6.54 Å². The topological polar surface area (TPSA) is 23.6 Å². The van der Waals surface area contributed by atoms with E-state index >= 15 is 0 Å². The molecule has 0 spiro atoms.